The predicted octanol–water partition coefficient (Wildman–Crippen LogP) is 4.91. The quantitative estimate of drug-likeness (QED) is 0.709. The number of nitriles is 1. The first-order chi connectivity index (χ1) is 10.5. The van der Waals surface area contributed by atoms with Crippen molar-refractivity contribution >= 4 is 18.0 Å². The van der Waals surface area contributed by atoms with Crippen LogP contribution in [0, 0.1) is 11.3 Å². The molecule has 0 radical (unpaired) electrons. The molecule has 0 N–H and O–H groups in total. The second-order valence-electron chi connectivity index (χ2n) is 5.47. The molecule has 1 aromatic rings. The Morgan fingerprint density at radius 3 is 2.61 bits per heavy atom. The van der Waals surface area contributed by atoms with Crippen LogP contribution in [-0.2, 0) is 6.18 Å². The van der Waals surface area contributed by atoms with Crippen molar-refractivity contribution in [3.63, 3.8) is 0 Å². The van der Waals surface area contributed by atoms with Gasteiger partial charge in [0.05, 0.1) is 11.6 Å². The van der Waals surface area contributed by atoms with Gasteiger partial charge < -0.3 is 0 Å². The molecule has 1 heterocycles. The summed E-state index contributed by atoms with van der Waals surface area (Å²) in [6, 6.07) is 7.67. The minimum Gasteiger partial charge on any atom is -0.299 e. The summed E-state index contributed by atoms with van der Waals surface area (Å²) in [4.78, 5) is 2.27. The Kier molecular flexibility index (Phi) is 7.60. The highest BCUT2D eigenvalue weighted by Gasteiger charge is 2.30. The summed E-state index contributed by atoms with van der Waals surface area (Å²) in [6.07, 6.45) is 0.956. The molecule has 1 aliphatic rings. The molecule has 2 nitrogen and oxygen atoms in total. The topological polar surface area (TPSA) is 27.0 Å². The molecule has 0 spiro atoms. The van der Waals surface area contributed by atoms with Gasteiger partial charge in [0.2, 0.25) is 0 Å². The second kappa shape index (κ2) is 8.95. The average molecular weight is 345 g/mol. The van der Waals surface area contributed by atoms with E-state index in [2.05, 4.69) is 11.0 Å². The van der Waals surface area contributed by atoms with Gasteiger partial charge in [0.1, 0.15) is 0 Å². The smallest absolute Gasteiger partial charge is 0.299 e. The monoisotopic (exact) mass is 344 g/mol. The zero-order valence-corrected chi connectivity index (χ0v) is 13.6. The van der Waals surface area contributed by atoms with Crippen LogP contribution in [0.15, 0.2) is 30.3 Å². The van der Waals surface area contributed by atoms with Crippen LogP contribution in [-0.4, -0.2) is 24.5 Å². The lowest BCUT2D eigenvalue weighted by atomic mass is 9.97. The fourth-order valence-corrected chi connectivity index (χ4v) is 2.61. The average Bonchev–Trinajstić information content (AvgIpc) is 2.51. The molecule has 6 heteroatoms. The molecule has 126 valence electrons. The molecule has 0 amide bonds. The predicted molar refractivity (Wildman–Crippen MR) is 87.2 cm³/mol. The van der Waals surface area contributed by atoms with Crippen molar-refractivity contribution in [2.75, 3.05) is 19.6 Å². The molecule has 0 saturated carbocycles. The summed E-state index contributed by atoms with van der Waals surface area (Å²) >= 11 is 0. The van der Waals surface area contributed by atoms with E-state index >= 15 is 0 Å². The van der Waals surface area contributed by atoms with Gasteiger partial charge in [-0.25, -0.2) is 0 Å². The molecule has 0 saturated heterocycles. The minimum atomic E-state index is -4.29. The summed E-state index contributed by atoms with van der Waals surface area (Å²) in [6.45, 7) is 2.56. The van der Waals surface area contributed by atoms with Gasteiger partial charge in [0.15, 0.2) is 0 Å². The summed E-state index contributed by atoms with van der Waals surface area (Å²) in [5.74, 6) is 0. The van der Waals surface area contributed by atoms with E-state index < -0.39 is 11.7 Å². The highest BCUT2D eigenvalue weighted by atomic mass is 35.5. The van der Waals surface area contributed by atoms with E-state index in [4.69, 9.17) is 5.26 Å². The third-order valence-electron chi connectivity index (χ3n) is 3.87. The molecule has 2 rings (SSSR count). The van der Waals surface area contributed by atoms with Crippen LogP contribution in [0.25, 0.3) is 5.57 Å². The number of alkyl halides is 3. The highest BCUT2D eigenvalue weighted by Crippen LogP contribution is 2.32. The first kappa shape index (κ1) is 19.5. The van der Waals surface area contributed by atoms with Crippen LogP contribution in [0.3, 0.4) is 0 Å². The van der Waals surface area contributed by atoms with E-state index in [1.165, 1.54) is 12.1 Å². The van der Waals surface area contributed by atoms with Gasteiger partial charge in [-0.05, 0) is 49.1 Å². The van der Waals surface area contributed by atoms with Crippen molar-refractivity contribution in [1.82, 2.24) is 4.90 Å². The van der Waals surface area contributed by atoms with Gasteiger partial charge in [0, 0.05) is 19.5 Å². The fraction of sp³-hybridized carbons (Fsp3) is 0.471. The zero-order valence-electron chi connectivity index (χ0n) is 12.8. The van der Waals surface area contributed by atoms with Gasteiger partial charge in [-0.2, -0.15) is 18.4 Å². The maximum atomic E-state index is 12.7. The standard InChI is InChI=1S/C17H19F3N2.ClH/c18-17(19,20)16-6-4-5-15(13-16)14-7-11-22(12-8-14)10-3-1-2-9-21;/h4-7,13H,1-3,8,10-12H2;1H. The van der Waals surface area contributed by atoms with Crippen molar-refractivity contribution in [3.05, 3.63) is 41.5 Å². The lowest BCUT2D eigenvalue weighted by Gasteiger charge is -2.26. The lowest BCUT2D eigenvalue weighted by Crippen LogP contribution is -2.29. The summed E-state index contributed by atoms with van der Waals surface area (Å²) in [7, 11) is 0. The molecule has 0 aromatic heterocycles. The first-order valence-electron chi connectivity index (χ1n) is 7.46. The number of nitrogens with zero attached hydrogens (tertiary/aromatic N) is 2. The van der Waals surface area contributed by atoms with Crippen molar-refractivity contribution in [1.29, 1.82) is 5.26 Å². The molecule has 0 unspecified atom stereocenters. The normalized spacial score (nSPS) is 15.5. The Balaban J connectivity index is 0.00000264. The number of unbranched alkanes of at least 4 members (excludes halogenated alkanes) is 2. The Morgan fingerprint density at radius 1 is 1.22 bits per heavy atom. The van der Waals surface area contributed by atoms with Gasteiger partial charge in [-0.3, -0.25) is 4.90 Å². The van der Waals surface area contributed by atoms with Crippen LogP contribution in [0.5, 0.6) is 0 Å². The molecule has 1 aromatic carbocycles. The number of rotatable bonds is 5. The van der Waals surface area contributed by atoms with Crippen LogP contribution in [0.4, 0.5) is 13.2 Å². The molecule has 0 atom stereocenters. The summed E-state index contributed by atoms with van der Waals surface area (Å²) in [5.41, 5.74) is 1.06. The third kappa shape index (κ3) is 5.89. The Labute approximate surface area is 141 Å². The van der Waals surface area contributed by atoms with E-state index in [1.54, 1.807) is 6.07 Å². The second-order valence-corrected chi connectivity index (χ2v) is 5.47. The van der Waals surface area contributed by atoms with E-state index in [0.29, 0.717) is 12.0 Å². The van der Waals surface area contributed by atoms with Crippen LogP contribution < -0.4 is 0 Å². The lowest BCUT2D eigenvalue weighted by molar-refractivity contribution is -0.137. The summed E-state index contributed by atoms with van der Waals surface area (Å²) < 4.78 is 38.2. The third-order valence-corrected chi connectivity index (χ3v) is 3.87. The Hall–Kier alpha value is -1.51. The van der Waals surface area contributed by atoms with Crippen molar-refractivity contribution < 1.29 is 13.2 Å². The number of hydrogen-bond acceptors (Lipinski definition) is 2. The Bertz CT molecular complexity index is 576. The first-order valence-corrected chi connectivity index (χ1v) is 7.46. The highest BCUT2D eigenvalue weighted by molar-refractivity contribution is 5.85. The minimum absolute atomic E-state index is 0. The van der Waals surface area contributed by atoms with Gasteiger partial charge in [-0.1, -0.05) is 18.2 Å². The maximum Gasteiger partial charge on any atom is 0.416 e. The molecule has 0 bridgehead atoms. The fourth-order valence-electron chi connectivity index (χ4n) is 2.61. The van der Waals surface area contributed by atoms with Gasteiger partial charge in [0.25, 0.3) is 0 Å². The van der Waals surface area contributed by atoms with E-state index in [9.17, 15) is 13.2 Å². The van der Waals surface area contributed by atoms with E-state index in [1.807, 2.05) is 6.08 Å². The number of halogens is 4. The van der Waals surface area contributed by atoms with Crippen molar-refractivity contribution in [2.24, 2.45) is 0 Å². The molecule has 23 heavy (non-hydrogen) atoms. The zero-order chi connectivity index (χ0) is 16.0. The Morgan fingerprint density at radius 2 is 2.00 bits per heavy atom. The largest absolute Gasteiger partial charge is 0.416 e. The van der Waals surface area contributed by atoms with E-state index in [-0.39, 0.29) is 12.4 Å². The molecule has 1 aliphatic heterocycles. The number of hydrogen-bond donors (Lipinski definition) is 0. The van der Waals surface area contributed by atoms with Crippen LogP contribution in [0.2, 0.25) is 0 Å². The molecule has 0 fully saturated rings. The molecular weight excluding hydrogens is 325 g/mol. The van der Waals surface area contributed by atoms with Crippen molar-refractivity contribution in [2.45, 2.75) is 31.9 Å². The molecule has 0 aliphatic carbocycles. The van der Waals surface area contributed by atoms with Crippen LogP contribution in [0.1, 0.15) is 36.8 Å². The van der Waals surface area contributed by atoms with Gasteiger partial charge in [-0.15, -0.1) is 12.4 Å². The SMILES string of the molecule is Cl.N#CCCCCN1CC=C(c2cccc(C(F)(F)F)c2)CC1. The van der Waals surface area contributed by atoms with Crippen LogP contribution >= 0.6 is 12.4 Å². The number of benzene rings is 1. The maximum absolute atomic E-state index is 12.7. The van der Waals surface area contributed by atoms with E-state index in [0.717, 1.165) is 50.5 Å². The van der Waals surface area contributed by atoms with Crippen molar-refractivity contribution in [3.8, 4) is 6.07 Å². The molecular formula is C17H20ClF3N2. The summed E-state index contributed by atoms with van der Waals surface area (Å²) in [5, 5.41) is 8.49. The van der Waals surface area contributed by atoms with Gasteiger partial charge >= 0.3 is 6.18 Å².